The van der Waals surface area contributed by atoms with Gasteiger partial charge in [-0.05, 0) is 38.1 Å². The van der Waals surface area contributed by atoms with Gasteiger partial charge in [-0.3, -0.25) is 9.59 Å². The molecule has 0 bridgehead atoms. The summed E-state index contributed by atoms with van der Waals surface area (Å²) in [5.74, 6) is -0.237. The molecule has 1 heterocycles. The summed E-state index contributed by atoms with van der Waals surface area (Å²) in [5.41, 5.74) is 1.88. The molecule has 1 fully saturated rings. The monoisotopic (exact) mass is 352 g/mol. The van der Waals surface area contributed by atoms with Crippen molar-refractivity contribution in [3.8, 4) is 0 Å². The molecule has 0 spiro atoms. The minimum absolute atomic E-state index is 0.122. The van der Waals surface area contributed by atoms with Crippen LogP contribution in [0.2, 0.25) is 0 Å². The molecule has 0 radical (unpaired) electrons. The van der Waals surface area contributed by atoms with E-state index in [0.29, 0.717) is 6.61 Å². The van der Waals surface area contributed by atoms with Crippen molar-refractivity contribution in [2.75, 3.05) is 48.9 Å². The van der Waals surface area contributed by atoms with Gasteiger partial charge < -0.3 is 19.7 Å². The van der Waals surface area contributed by atoms with Gasteiger partial charge in [-0.25, -0.2) is 0 Å². The fourth-order valence-electron chi connectivity index (χ4n) is 2.29. The fraction of sp³-hybridized carbons (Fsp3) is 0.529. The summed E-state index contributed by atoms with van der Waals surface area (Å²) >= 11 is 1.27. The lowest BCUT2D eigenvalue weighted by Gasteiger charge is -2.28. The Kier molecular flexibility index (Phi) is 7.39. The maximum atomic E-state index is 12.2. The van der Waals surface area contributed by atoms with Crippen molar-refractivity contribution in [2.24, 2.45) is 0 Å². The second-order valence-corrected chi connectivity index (χ2v) is 6.72. The number of carbonyl (C=O) groups is 2. The van der Waals surface area contributed by atoms with E-state index in [-0.39, 0.29) is 22.9 Å². The lowest BCUT2D eigenvalue weighted by Crippen LogP contribution is -2.36. The van der Waals surface area contributed by atoms with E-state index >= 15 is 0 Å². The van der Waals surface area contributed by atoms with Crippen LogP contribution in [0.4, 0.5) is 11.4 Å². The minimum atomic E-state index is -0.326. The number of anilines is 2. The van der Waals surface area contributed by atoms with Gasteiger partial charge in [0.2, 0.25) is 5.91 Å². The standard InChI is InChI=1S/C17H24N2O4S/c1-3-23-16(20)12-24-13(2)17(21)18-14-4-6-15(7-5-14)19-8-10-22-11-9-19/h4-7,13H,3,8-12H2,1-2H3,(H,18,21). The zero-order valence-corrected chi connectivity index (χ0v) is 14.9. The molecule has 7 heteroatoms. The maximum Gasteiger partial charge on any atom is 0.315 e. The quantitative estimate of drug-likeness (QED) is 0.759. The second kappa shape index (κ2) is 9.54. The van der Waals surface area contributed by atoms with Gasteiger partial charge in [-0.1, -0.05) is 0 Å². The second-order valence-electron chi connectivity index (χ2n) is 5.39. The highest BCUT2D eigenvalue weighted by Gasteiger charge is 2.16. The van der Waals surface area contributed by atoms with E-state index in [2.05, 4.69) is 10.2 Å². The van der Waals surface area contributed by atoms with Crippen LogP contribution >= 0.6 is 11.8 Å². The average Bonchev–Trinajstić information content (AvgIpc) is 2.61. The summed E-state index contributed by atoms with van der Waals surface area (Å²) in [6.45, 7) is 7.15. The van der Waals surface area contributed by atoms with Crippen molar-refractivity contribution in [3.05, 3.63) is 24.3 Å². The van der Waals surface area contributed by atoms with Crippen LogP contribution < -0.4 is 10.2 Å². The summed E-state index contributed by atoms with van der Waals surface area (Å²) in [6.07, 6.45) is 0. The lowest BCUT2D eigenvalue weighted by atomic mass is 10.2. The van der Waals surface area contributed by atoms with E-state index in [4.69, 9.17) is 9.47 Å². The zero-order valence-electron chi connectivity index (χ0n) is 14.1. The van der Waals surface area contributed by atoms with Crippen LogP contribution in [0, 0.1) is 0 Å². The topological polar surface area (TPSA) is 67.9 Å². The molecule has 1 N–H and O–H groups in total. The van der Waals surface area contributed by atoms with E-state index < -0.39 is 0 Å². The molecule has 2 rings (SSSR count). The maximum absolute atomic E-state index is 12.2. The van der Waals surface area contributed by atoms with Gasteiger partial charge in [0, 0.05) is 24.5 Å². The average molecular weight is 352 g/mol. The Morgan fingerprint density at radius 2 is 1.96 bits per heavy atom. The molecule has 1 unspecified atom stereocenters. The van der Waals surface area contributed by atoms with Crippen molar-refractivity contribution < 1.29 is 19.1 Å². The molecule has 1 aliphatic heterocycles. The summed E-state index contributed by atoms with van der Waals surface area (Å²) in [5, 5.41) is 2.55. The van der Waals surface area contributed by atoms with Crippen LogP contribution in [0.25, 0.3) is 0 Å². The first-order valence-electron chi connectivity index (χ1n) is 8.11. The summed E-state index contributed by atoms with van der Waals surface area (Å²) < 4.78 is 10.2. The number of nitrogens with zero attached hydrogens (tertiary/aromatic N) is 1. The largest absolute Gasteiger partial charge is 0.465 e. The van der Waals surface area contributed by atoms with E-state index in [1.54, 1.807) is 13.8 Å². The number of thioether (sulfide) groups is 1. The van der Waals surface area contributed by atoms with Crippen molar-refractivity contribution in [1.29, 1.82) is 0 Å². The molecular formula is C17H24N2O4S. The number of rotatable bonds is 7. The molecule has 1 saturated heterocycles. The molecular weight excluding hydrogens is 328 g/mol. The van der Waals surface area contributed by atoms with E-state index in [1.165, 1.54) is 11.8 Å². The number of hydrogen-bond donors (Lipinski definition) is 1. The Morgan fingerprint density at radius 3 is 2.58 bits per heavy atom. The third-order valence-electron chi connectivity index (χ3n) is 3.64. The number of nitrogens with one attached hydrogen (secondary N) is 1. The molecule has 132 valence electrons. The van der Waals surface area contributed by atoms with Gasteiger partial charge >= 0.3 is 5.97 Å². The highest BCUT2D eigenvalue weighted by Crippen LogP contribution is 2.20. The number of hydrogen-bond acceptors (Lipinski definition) is 6. The summed E-state index contributed by atoms with van der Waals surface area (Å²) in [4.78, 5) is 25.7. The molecule has 24 heavy (non-hydrogen) atoms. The first kappa shape index (κ1) is 18.6. The highest BCUT2D eigenvalue weighted by atomic mass is 32.2. The first-order chi connectivity index (χ1) is 11.6. The molecule has 1 atom stereocenters. The van der Waals surface area contributed by atoms with Gasteiger partial charge in [-0.2, -0.15) is 0 Å². The van der Waals surface area contributed by atoms with Crippen LogP contribution in [0.1, 0.15) is 13.8 Å². The Hall–Kier alpha value is -1.73. The molecule has 0 aromatic heterocycles. The van der Waals surface area contributed by atoms with Crippen LogP contribution in [-0.4, -0.2) is 55.8 Å². The summed E-state index contributed by atoms with van der Waals surface area (Å²) in [6, 6.07) is 7.78. The molecule has 0 aliphatic carbocycles. The van der Waals surface area contributed by atoms with E-state index in [1.807, 2.05) is 24.3 Å². The van der Waals surface area contributed by atoms with Gasteiger partial charge in [0.15, 0.2) is 0 Å². The predicted octanol–water partition coefficient (Wildman–Crippen LogP) is 2.15. The van der Waals surface area contributed by atoms with Crippen molar-refractivity contribution in [1.82, 2.24) is 0 Å². The van der Waals surface area contributed by atoms with Crippen LogP contribution in [0.15, 0.2) is 24.3 Å². The Labute approximate surface area is 146 Å². The number of amides is 1. The van der Waals surface area contributed by atoms with Crippen LogP contribution in [0.3, 0.4) is 0 Å². The number of ether oxygens (including phenoxy) is 2. The van der Waals surface area contributed by atoms with Crippen LogP contribution in [-0.2, 0) is 19.1 Å². The Balaban J connectivity index is 1.81. The van der Waals surface area contributed by atoms with Gasteiger partial charge in [-0.15, -0.1) is 11.8 Å². The van der Waals surface area contributed by atoms with Crippen molar-refractivity contribution in [2.45, 2.75) is 19.1 Å². The van der Waals surface area contributed by atoms with Crippen LogP contribution in [0.5, 0.6) is 0 Å². The van der Waals surface area contributed by atoms with E-state index in [9.17, 15) is 9.59 Å². The highest BCUT2D eigenvalue weighted by molar-refractivity contribution is 8.01. The molecule has 6 nitrogen and oxygen atoms in total. The smallest absolute Gasteiger partial charge is 0.315 e. The molecule has 1 aromatic rings. The van der Waals surface area contributed by atoms with Crippen molar-refractivity contribution in [3.63, 3.8) is 0 Å². The third-order valence-corrected chi connectivity index (χ3v) is 4.75. The fourth-order valence-corrected chi connectivity index (χ4v) is 2.97. The SMILES string of the molecule is CCOC(=O)CSC(C)C(=O)Nc1ccc(N2CCOCC2)cc1. The molecule has 1 aliphatic rings. The number of benzene rings is 1. The Morgan fingerprint density at radius 1 is 1.29 bits per heavy atom. The minimum Gasteiger partial charge on any atom is -0.465 e. The van der Waals surface area contributed by atoms with Crippen molar-refractivity contribution >= 4 is 35.0 Å². The van der Waals surface area contributed by atoms with E-state index in [0.717, 1.165) is 37.7 Å². The van der Waals surface area contributed by atoms with Gasteiger partial charge in [0.1, 0.15) is 0 Å². The molecule has 1 aromatic carbocycles. The third kappa shape index (κ3) is 5.72. The summed E-state index contributed by atoms with van der Waals surface area (Å²) in [7, 11) is 0. The number of carbonyl (C=O) groups excluding carboxylic acids is 2. The van der Waals surface area contributed by atoms with Gasteiger partial charge in [0.05, 0.1) is 30.8 Å². The lowest BCUT2D eigenvalue weighted by molar-refractivity contribution is -0.139. The number of esters is 1. The molecule has 1 amide bonds. The molecule has 0 saturated carbocycles. The normalized spacial score (nSPS) is 15.7. The predicted molar refractivity (Wildman–Crippen MR) is 96.7 cm³/mol. The number of morpholine rings is 1. The Bertz CT molecular complexity index is 544. The zero-order chi connectivity index (χ0) is 17.4. The van der Waals surface area contributed by atoms with Gasteiger partial charge in [0.25, 0.3) is 0 Å². The first-order valence-corrected chi connectivity index (χ1v) is 9.16.